The van der Waals surface area contributed by atoms with Gasteiger partial charge in [-0.1, -0.05) is 11.6 Å². The Balaban J connectivity index is 5.14. The second-order valence-corrected chi connectivity index (χ2v) is 2.33. The Morgan fingerprint density at radius 1 is 0.917 bits per heavy atom. The van der Waals surface area contributed by atoms with E-state index in [0.29, 0.717) is 0 Å². The average Bonchev–Trinajstić information content (AvgIpc) is 1.81. The van der Waals surface area contributed by atoms with Gasteiger partial charge >= 0.3 is 17.2 Å². The van der Waals surface area contributed by atoms with Gasteiger partial charge < -0.3 is 0 Å². The van der Waals surface area contributed by atoms with Crippen LogP contribution < -0.4 is 0 Å². The van der Waals surface area contributed by atoms with Crippen LogP contribution >= 0.6 is 11.6 Å². The molecule has 0 saturated carbocycles. The van der Waals surface area contributed by atoms with E-state index in [2.05, 4.69) is 11.6 Å². The summed E-state index contributed by atoms with van der Waals surface area (Å²) in [7, 11) is 0. The molecule has 0 aliphatic rings. The summed E-state index contributed by atoms with van der Waals surface area (Å²) in [5.74, 6) is 0. The third kappa shape index (κ3) is 1.58. The van der Waals surface area contributed by atoms with E-state index in [4.69, 9.17) is 5.26 Å². The van der Waals surface area contributed by atoms with Gasteiger partial charge in [-0.15, -0.1) is 0 Å². The van der Waals surface area contributed by atoms with Crippen LogP contribution in [0.3, 0.4) is 0 Å². The van der Waals surface area contributed by atoms with Crippen LogP contribution in [0.1, 0.15) is 0 Å². The highest BCUT2D eigenvalue weighted by Crippen LogP contribution is 2.47. The van der Waals surface area contributed by atoms with Crippen molar-refractivity contribution in [2.24, 2.45) is 0 Å². The van der Waals surface area contributed by atoms with Gasteiger partial charge in [0.15, 0.2) is 0 Å². The predicted octanol–water partition coefficient (Wildman–Crippen LogP) is 2.61. The Bertz CT molecular complexity index is 195. The molecule has 0 bridgehead atoms. The molecule has 8 heteroatoms. The van der Waals surface area contributed by atoms with Crippen LogP contribution in [0.2, 0.25) is 0 Å². The molecule has 0 aliphatic heterocycles. The Hall–Kier alpha value is -0.640. The molecule has 0 rings (SSSR count). The monoisotopic (exact) mass is 211 g/mol. The molecular weight excluding hydrogens is 211 g/mol. The standard InChI is InChI=1S/C4ClF6N/c5-2(1-12,3(6,7)8)4(9,10)11. The number of hydrogen-bond acceptors (Lipinski definition) is 1. The lowest BCUT2D eigenvalue weighted by Gasteiger charge is -2.24. The quantitative estimate of drug-likeness (QED) is 0.446. The molecule has 0 aromatic carbocycles. The van der Waals surface area contributed by atoms with Crippen LogP contribution in [0.4, 0.5) is 26.3 Å². The van der Waals surface area contributed by atoms with Crippen LogP contribution in [-0.4, -0.2) is 17.2 Å². The van der Waals surface area contributed by atoms with E-state index >= 15 is 0 Å². The van der Waals surface area contributed by atoms with E-state index in [1.807, 2.05) is 0 Å². The highest BCUT2D eigenvalue weighted by atomic mass is 35.5. The first kappa shape index (κ1) is 11.4. The van der Waals surface area contributed by atoms with Gasteiger partial charge in [0.05, 0.1) is 0 Å². The largest absolute Gasteiger partial charge is 0.430 e. The molecule has 0 unspecified atom stereocenters. The van der Waals surface area contributed by atoms with Gasteiger partial charge in [0.1, 0.15) is 6.07 Å². The number of rotatable bonds is 0. The molecule has 0 saturated heterocycles. The fraction of sp³-hybridized carbons (Fsp3) is 0.750. The number of nitrogens with zero attached hydrogens (tertiary/aromatic N) is 1. The van der Waals surface area contributed by atoms with Crippen LogP contribution in [0, 0.1) is 11.3 Å². The van der Waals surface area contributed by atoms with Crippen molar-refractivity contribution < 1.29 is 26.3 Å². The minimum absolute atomic E-state index is 0.0262. The molecule has 0 aliphatic carbocycles. The second kappa shape index (κ2) is 2.69. The Kier molecular flexibility index (Phi) is 2.55. The Morgan fingerprint density at radius 3 is 1.17 bits per heavy atom. The lowest BCUT2D eigenvalue weighted by Crippen LogP contribution is -2.50. The van der Waals surface area contributed by atoms with Gasteiger partial charge in [0.2, 0.25) is 0 Å². The van der Waals surface area contributed by atoms with Crippen molar-refractivity contribution in [2.75, 3.05) is 0 Å². The first-order valence-electron chi connectivity index (χ1n) is 2.30. The molecule has 12 heavy (non-hydrogen) atoms. The van der Waals surface area contributed by atoms with E-state index < -0.39 is 17.2 Å². The fourth-order valence-corrected chi connectivity index (χ4v) is 0.287. The van der Waals surface area contributed by atoms with Gasteiger partial charge in [-0.25, -0.2) is 0 Å². The number of halogens is 7. The zero-order chi connectivity index (χ0) is 10.2. The minimum atomic E-state index is -5.83. The normalized spacial score (nSPS) is 14.2. The average molecular weight is 211 g/mol. The Labute approximate surface area is 67.5 Å². The third-order valence-electron chi connectivity index (χ3n) is 0.935. The van der Waals surface area contributed by atoms with E-state index in [1.165, 1.54) is 0 Å². The second-order valence-electron chi connectivity index (χ2n) is 1.77. The molecule has 0 radical (unpaired) electrons. The van der Waals surface area contributed by atoms with Crippen LogP contribution in [0.5, 0.6) is 0 Å². The molecule has 0 aromatic rings. The van der Waals surface area contributed by atoms with Gasteiger partial charge in [0.25, 0.3) is 0 Å². The van der Waals surface area contributed by atoms with E-state index in [0.717, 1.165) is 0 Å². The van der Waals surface area contributed by atoms with Gasteiger partial charge in [-0.3, -0.25) is 0 Å². The van der Waals surface area contributed by atoms with E-state index in [-0.39, 0.29) is 6.07 Å². The van der Waals surface area contributed by atoms with Crippen molar-refractivity contribution in [3.05, 3.63) is 0 Å². The highest BCUT2D eigenvalue weighted by Gasteiger charge is 2.71. The summed E-state index contributed by atoms with van der Waals surface area (Å²) in [6.45, 7) is 0. The van der Waals surface area contributed by atoms with Gasteiger partial charge in [0, 0.05) is 0 Å². The summed E-state index contributed by atoms with van der Waals surface area (Å²) < 4.78 is 69.2. The lowest BCUT2D eigenvalue weighted by atomic mass is 10.1. The number of hydrogen-bond donors (Lipinski definition) is 0. The van der Waals surface area contributed by atoms with Crippen LogP contribution in [0.15, 0.2) is 0 Å². The van der Waals surface area contributed by atoms with Crippen molar-refractivity contribution in [1.82, 2.24) is 0 Å². The molecule has 0 N–H and O–H groups in total. The molecule has 0 atom stereocenters. The van der Waals surface area contributed by atoms with Crippen molar-refractivity contribution in [3.8, 4) is 6.07 Å². The minimum Gasteiger partial charge on any atom is -0.196 e. The summed E-state index contributed by atoms with van der Waals surface area (Å²) in [6.07, 6.45) is -11.7. The zero-order valence-electron chi connectivity index (χ0n) is 5.09. The smallest absolute Gasteiger partial charge is 0.196 e. The highest BCUT2D eigenvalue weighted by molar-refractivity contribution is 6.27. The number of alkyl halides is 7. The molecule has 0 heterocycles. The molecule has 0 amide bonds. The third-order valence-corrected chi connectivity index (χ3v) is 1.45. The first-order chi connectivity index (χ1) is 5.06. The first-order valence-corrected chi connectivity index (χ1v) is 2.67. The van der Waals surface area contributed by atoms with Crippen molar-refractivity contribution in [1.29, 1.82) is 5.26 Å². The van der Waals surface area contributed by atoms with Crippen molar-refractivity contribution in [3.63, 3.8) is 0 Å². The molecule has 0 aromatic heterocycles. The van der Waals surface area contributed by atoms with Crippen LogP contribution in [-0.2, 0) is 0 Å². The predicted molar refractivity (Wildman–Crippen MR) is 26.3 cm³/mol. The maximum atomic E-state index is 11.5. The SMILES string of the molecule is N#CC(Cl)(C(F)(F)F)C(F)(F)F. The lowest BCUT2D eigenvalue weighted by molar-refractivity contribution is -0.250. The molecular formula is C4ClF6N. The van der Waals surface area contributed by atoms with Gasteiger partial charge in [-0.05, 0) is 0 Å². The van der Waals surface area contributed by atoms with E-state index in [9.17, 15) is 26.3 Å². The summed E-state index contributed by atoms with van der Waals surface area (Å²) in [5, 5.41) is 7.63. The summed E-state index contributed by atoms with van der Waals surface area (Å²) in [6, 6.07) is -0.0262. The topological polar surface area (TPSA) is 23.8 Å². The molecule has 70 valence electrons. The van der Waals surface area contributed by atoms with E-state index in [1.54, 1.807) is 0 Å². The zero-order valence-corrected chi connectivity index (χ0v) is 5.85. The molecule has 1 nitrogen and oxygen atoms in total. The molecule has 0 spiro atoms. The summed E-state index contributed by atoms with van der Waals surface area (Å²) >= 11 is 4.06. The van der Waals surface area contributed by atoms with Crippen molar-refractivity contribution in [2.45, 2.75) is 17.2 Å². The van der Waals surface area contributed by atoms with Gasteiger partial charge in [-0.2, -0.15) is 31.6 Å². The number of nitriles is 1. The Morgan fingerprint density at radius 2 is 1.17 bits per heavy atom. The molecule has 0 fully saturated rings. The van der Waals surface area contributed by atoms with Crippen molar-refractivity contribution >= 4 is 11.6 Å². The maximum absolute atomic E-state index is 11.5. The fourth-order valence-electron chi connectivity index (χ4n) is 0.287. The van der Waals surface area contributed by atoms with Crippen LogP contribution in [0.25, 0.3) is 0 Å². The summed E-state index contributed by atoms with van der Waals surface area (Å²) in [5.41, 5.74) is 0. The summed E-state index contributed by atoms with van der Waals surface area (Å²) in [4.78, 5) is -4.81. The maximum Gasteiger partial charge on any atom is 0.430 e.